The molecule has 1 atom stereocenters. The molecule has 10 heteroatoms. The molecule has 0 saturated carbocycles. The van der Waals surface area contributed by atoms with Gasteiger partial charge in [0.05, 0.1) is 24.8 Å². The molecule has 174 valence electrons. The number of aromatic nitrogens is 2. The number of hydrogen-bond acceptors (Lipinski definition) is 6. The van der Waals surface area contributed by atoms with Crippen LogP contribution in [0.25, 0.3) is 5.65 Å². The lowest BCUT2D eigenvalue weighted by Gasteiger charge is -2.28. The SMILES string of the molecule is C[C@@H](Nc1cc(F)cc(F)c1)c1cc(C(=O)N(C)C)cn2c(=O)cc(N3CCOCC3)nc12. The lowest BCUT2D eigenvalue weighted by atomic mass is 10.1. The fourth-order valence-electron chi connectivity index (χ4n) is 3.83. The van der Waals surface area contributed by atoms with E-state index in [2.05, 4.69) is 5.32 Å². The topological polar surface area (TPSA) is 79.2 Å². The van der Waals surface area contributed by atoms with E-state index in [0.29, 0.717) is 48.9 Å². The molecule has 0 bridgehead atoms. The Hall–Kier alpha value is -3.53. The first kappa shape index (κ1) is 22.7. The lowest BCUT2D eigenvalue weighted by molar-refractivity contribution is 0.0827. The van der Waals surface area contributed by atoms with Gasteiger partial charge in [0, 0.05) is 56.8 Å². The number of fused-ring (bicyclic) bond motifs is 1. The predicted molar refractivity (Wildman–Crippen MR) is 121 cm³/mol. The van der Waals surface area contributed by atoms with E-state index in [9.17, 15) is 18.4 Å². The van der Waals surface area contributed by atoms with Crippen molar-refractivity contribution >= 4 is 23.1 Å². The summed E-state index contributed by atoms with van der Waals surface area (Å²) in [5.41, 5.74) is 1.09. The van der Waals surface area contributed by atoms with Crippen LogP contribution >= 0.6 is 0 Å². The maximum absolute atomic E-state index is 13.7. The number of carbonyl (C=O) groups is 1. The van der Waals surface area contributed by atoms with Crippen molar-refractivity contribution in [1.29, 1.82) is 0 Å². The summed E-state index contributed by atoms with van der Waals surface area (Å²) < 4.78 is 34.1. The molecule has 1 amide bonds. The minimum atomic E-state index is -0.713. The van der Waals surface area contributed by atoms with Gasteiger partial charge in [-0.25, -0.2) is 13.8 Å². The van der Waals surface area contributed by atoms with Crippen molar-refractivity contribution in [2.24, 2.45) is 0 Å². The summed E-state index contributed by atoms with van der Waals surface area (Å²) in [4.78, 5) is 33.8. The summed E-state index contributed by atoms with van der Waals surface area (Å²) >= 11 is 0. The van der Waals surface area contributed by atoms with Crippen molar-refractivity contribution in [3.05, 3.63) is 69.6 Å². The Morgan fingerprint density at radius 1 is 1.12 bits per heavy atom. The van der Waals surface area contributed by atoms with Crippen molar-refractivity contribution < 1.29 is 18.3 Å². The molecule has 3 heterocycles. The molecule has 4 rings (SSSR count). The van der Waals surface area contributed by atoms with Crippen LogP contribution in [0.5, 0.6) is 0 Å². The highest BCUT2D eigenvalue weighted by Crippen LogP contribution is 2.26. The van der Waals surface area contributed by atoms with Gasteiger partial charge < -0.3 is 19.9 Å². The van der Waals surface area contributed by atoms with Gasteiger partial charge >= 0.3 is 0 Å². The Balaban J connectivity index is 1.85. The van der Waals surface area contributed by atoms with Crippen LogP contribution in [0.15, 0.2) is 41.3 Å². The molecule has 1 saturated heterocycles. The first-order chi connectivity index (χ1) is 15.7. The molecule has 1 aliphatic heterocycles. The van der Waals surface area contributed by atoms with E-state index in [4.69, 9.17) is 9.72 Å². The summed E-state index contributed by atoms with van der Waals surface area (Å²) in [6.45, 7) is 4.05. The first-order valence-corrected chi connectivity index (χ1v) is 10.6. The van der Waals surface area contributed by atoms with Gasteiger partial charge in [0.15, 0.2) is 0 Å². The van der Waals surface area contributed by atoms with E-state index in [0.717, 1.165) is 6.07 Å². The fourth-order valence-corrected chi connectivity index (χ4v) is 3.83. The molecule has 1 aliphatic rings. The fraction of sp³-hybridized carbons (Fsp3) is 0.348. The van der Waals surface area contributed by atoms with Crippen LogP contribution in [0.4, 0.5) is 20.3 Å². The molecule has 1 N–H and O–H groups in total. The number of carbonyl (C=O) groups excluding carboxylic acids is 1. The Morgan fingerprint density at radius 3 is 2.42 bits per heavy atom. The van der Waals surface area contributed by atoms with Crippen LogP contribution in [0.1, 0.15) is 28.9 Å². The van der Waals surface area contributed by atoms with Gasteiger partial charge in [0.2, 0.25) is 0 Å². The molecule has 0 aliphatic carbocycles. The van der Waals surface area contributed by atoms with Crippen LogP contribution in [0.2, 0.25) is 0 Å². The Bertz CT molecular complexity index is 1230. The maximum atomic E-state index is 13.7. The van der Waals surface area contributed by atoms with E-state index in [-0.39, 0.29) is 17.2 Å². The normalized spacial score (nSPS) is 14.9. The van der Waals surface area contributed by atoms with Gasteiger partial charge in [0.25, 0.3) is 11.5 Å². The van der Waals surface area contributed by atoms with E-state index in [1.807, 2.05) is 4.90 Å². The summed E-state index contributed by atoms with van der Waals surface area (Å²) in [6, 6.07) is 5.71. The number of halogens is 2. The second kappa shape index (κ2) is 9.14. The molecule has 33 heavy (non-hydrogen) atoms. The summed E-state index contributed by atoms with van der Waals surface area (Å²) in [7, 11) is 3.23. The standard InChI is InChI=1S/C23H25F2N5O3/c1-14(26-18-10-16(24)9-17(25)11-18)19-8-15(23(32)28(2)3)13-30-21(31)12-20(27-22(19)30)29-4-6-33-7-5-29/h8-14,26H,4-7H2,1-3H3/t14-/m1/s1. The molecule has 1 aromatic carbocycles. The summed E-state index contributed by atoms with van der Waals surface area (Å²) in [5, 5.41) is 3.05. The van der Waals surface area contributed by atoms with Gasteiger partial charge in [-0.2, -0.15) is 0 Å². The van der Waals surface area contributed by atoms with Gasteiger partial charge in [-0.15, -0.1) is 0 Å². The Kier molecular flexibility index (Phi) is 6.28. The molecule has 2 aromatic heterocycles. The summed E-state index contributed by atoms with van der Waals surface area (Å²) in [6.07, 6.45) is 1.47. The minimum Gasteiger partial charge on any atom is -0.378 e. The average Bonchev–Trinajstić information content (AvgIpc) is 2.77. The van der Waals surface area contributed by atoms with E-state index >= 15 is 0 Å². The molecule has 1 fully saturated rings. The molecule has 0 unspecified atom stereocenters. The molecular formula is C23H25F2N5O3. The van der Waals surface area contributed by atoms with Crippen LogP contribution in [0.3, 0.4) is 0 Å². The molecule has 0 radical (unpaired) electrons. The number of rotatable bonds is 5. The highest BCUT2D eigenvalue weighted by molar-refractivity contribution is 5.94. The number of amides is 1. The van der Waals surface area contributed by atoms with Crippen molar-refractivity contribution in [2.45, 2.75) is 13.0 Å². The zero-order valence-corrected chi connectivity index (χ0v) is 18.6. The highest BCUT2D eigenvalue weighted by Gasteiger charge is 2.21. The van der Waals surface area contributed by atoms with Crippen LogP contribution < -0.4 is 15.8 Å². The number of hydrogen-bond donors (Lipinski definition) is 1. The van der Waals surface area contributed by atoms with Gasteiger partial charge in [-0.3, -0.25) is 14.0 Å². The third-order valence-electron chi connectivity index (χ3n) is 5.48. The number of benzene rings is 1. The van der Waals surface area contributed by atoms with Crippen molar-refractivity contribution in [1.82, 2.24) is 14.3 Å². The second-order valence-corrected chi connectivity index (χ2v) is 8.15. The van der Waals surface area contributed by atoms with E-state index < -0.39 is 17.7 Å². The Morgan fingerprint density at radius 2 is 1.79 bits per heavy atom. The monoisotopic (exact) mass is 457 g/mol. The lowest BCUT2D eigenvalue weighted by Crippen LogP contribution is -2.37. The Labute approximate surface area is 189 Å². The first-order valence-electron chi connectivity index (χ1n) is 10.6. The van der Waals surface area contributed by atoms with Crippen LogP contribution in [-0.2, 0) is 4.74 Å². The highest BCUT2D eigenvalue weighted by atomic mass is 19.1. The minimum absolute atomic E-state index is 0.231. The average molecular weight is 457 g/mol. The number of ether oxygens (including phenoxy) is 1. The maximum Gasteiger partial charge on any atom is 0.259 e. The van der Waals surface area contributed by atoms with E-state index in [1.165, 1.54) is 33.7 Å². The third-order valence-corrected chi connectivity index (χ3v) is 5.48. The van der Waals surface area contributed by atoms with Gasteiger partial charge in [-0.05, 0) is 25.1 Å². The quantitative estimate of drug-likeness (QED) is 0.635. The van der Waals surface area contributed by atoms with Crippen molar-refractivity contribution in [3.8, 4) is 0 Å². The predicted octanol–water partition coefficient (Wildman–Crippen LogP) is 2.68. The second-order valence-electron chi connectivity index (χ2n) is 8.15. The van der Waals surface area contributed by atoms with Gasteiger partial charge in [0.1, 0.15) is 23.1 Å². The summed E-state index contributed by atoms with van der Waals surface area (Å²) in [5.74, 6) is -1.20. The zero-order chi connectivity index (χ0) is 23.7. The number of nitrogens with zero attached hydrogens (tertiary/aromatic N) is 4. The van der Waals surface area contributed by atoms with Crippen LogP contribution in [-0.4, -0.2) is 60.6 Å². The van der Waals surface area contributed by atoms with Crippen molar-refractivity contribution in [3.63, 3.8) is 0 Å². The molecule has 3 aromatic rings. The number of morpholine rings is 1. The number of pyridine rings is 1. The largest absolute Gasteiger partial charge is 0.378 e. The molecule has 8 nitrogen and oxygen atoms in total. The van der Waals surface area contributed by atoms with Gasteiger partial charge in [-0.1, -0.05) is 0 Å². The third kappa shape index (κ3) is 4.80. The number of nitrogens with one attached hydrogen (secondary N) is 1. The smallest absolute Gasteiger partial charge is 0.259 e. The van der Waals surface area contributed by atoms with E-state index in [1.54, 1.807) is 27.1 Å². The molecular weight excluding hydrogens is 432 g/mol. The molecule has 0 spiro atoms. The van der Waals surface area contributed by atoms with Crippen molar-refractivity contribution in [2.75, 3.05) is 50.6 Å². The zero-order valence-electron chi connectivity index (χ0n) is 18.6. The number of anilines is 2. The van der Waals surface area contributed by atoms with Crippen LogP contribution in [0, 0.1) is 11.6 Å².